The molecule has 0 unspecified atom stereocenters. The van der Waals surface area contributed by atoms with E-state index in [1.54, 1.807) is 6.92 Å². The second-order valence-corrected chi connectivity index (χ2v) is 5.76. The smallest absolute Gasteiger partial charge is 0.323 e. The Bertz CT molecular complexity index is 574. The Morgan fingerprint density at radius 3 is 2.63 bits per heavy atom. The first-order valence-electron chi connectivity index (χ1n) is 6.13. The van der Waals surface area contributed by atoms with Crippen LogP contribution in [0.25, 0.3) is 0 Å². The lowest BCUT2D eigenvalue weighted by Crippen LogP contribution is -2.31. The molecule has 2 nitrogen and oxygen atoms in total. The average Bonchev–Trinajstić information content (AvgIpc) is 2.76. The van der Waals surface area contributed by atoms with Crippen molar-refractivity contribution in [2.24, 2.45) is 0 Å². The molecule has 2 rings (SSSR count). The van der Waals surface area contributed by atoms with Crippen molar-refractivity contribution in [2.75, 3.05) is 0 Å². The van der Waals surface area contributed by atoms with Gasteiger partial charge in [-0.15, -0.1) is 11.8 Å². The van der Waals surface area contributed by atoms with E-state index in [2.05, 4.69) is 27.8 Å². The van der Waals surface area contributed by atoms with Gasteiger partial charge in [0.2, 0.25) is 0 Å². The molecule has 1 aliphatic heterocycles. The molecule has 3 heteroatoms. The standard InChI is InChI=1S/C16H15BrO2/c1-3-4-10-16(13-8-6-5-7-9-13)11-14(12(2)17)19-15(16)18/h5-9H,10-11H2,1-2H3/b14-12-/t16-/m1/s1. The molecule has 1 atom stereocenters. The fourth-order valence-electron chi connectivity index (χ4n) is 2.24. The predicted molar refractivity (Wildman–Crippen MR) is 78.5 cm³/mol. The fourth-order valence-corrected chi connectivity index (χ4v) is 2.46. The highest BCUT2D eigenvalue weighted by Crippen LogP contribution is 2.43. The highest BCUT2D eigenvalue weighted by molar-refractivity contribution is 9.11. The highest BCUT2D eigenvalue weighted by atomic mass is 79.9. The van der Waals surface area contributed by atoms with Crippen LogP contribution in [0, 0.1) is 11.8 Å². The van der Waals surface area contributed by atoms with Gasteiger partial charge in [0, 0.05) is 17.3 Å². The van der Waals surface area contributed by atoms with Gasteiger partial charge in [-0.25, -0.2) is 0 Å². The average molecular weight is 319 g/mol. The molecule has 1 aromatic carbocycles. The van der Waals surface area contributed by atoms with Gasteiger partial charge in [0.25, 0.3) is 0 Å². The van der Waals surface area contributed by atoms with E-state index in [4.69, 9.17) is 4.74 Å². The van der Waals surface area contributed by atoms with Gasteiger partial charge < -0.3 is 4.74 Å². The number of cyclic esters (lactones) is 1. The molecule has 1 fully saturated rings. The minimum atomic E-state index is -0.672. The number of carbonyl (C=O) groups excluding carboxylic acids is 1. The molecule has 98 valence electrons. The van der Waals surface area contributed by atoms with Crippen molar-refractivity contribution in [1.29, 1.82) is 0 Å². The highest BCUT2D eigenvalue weighted by Gasteiger charge is 2.48. The second kappa shape index (κ2) is 5.63. The SMILES string of the molecule is CC#CC[C@]1(c2ccccc2)C/C(=C(\C)Br)OC1=O. The maximum atomic E-state index is 12.4. The third kappa shape index (κ3) is 2.59. The van der Waals surface area contributed by atoms with Crippen LogP contribution in [0.15, 0.2) is 40.6 Å². The normalized spacial score (nSPS) is 24.5. The Morgan fingerprint density at radius 2 is 2.11 bits per heavy atom. The van der Waals surface area contributed by atoms with Gasteiger partial charge in [0.15, 0.2) is 0 Å². The Morgan fingerprint density at radius 1 is 1.42 bits per heavy atom. The third-order valence-electron chi connectivity index (χ3n) is 3.35. The summed E-state index contributed by atoms with van der Waals surface area (Å²) in [6.07, 6.45) is 1.04. The van der Waals surface area contributed by atoms with Crippen molar-refractivity contribution in [3.8, 4) is 11.8 Å². The number of hydrogen-bond acceptors (Lipinski definition) is 2. The molecular formula is C16H15BrO2. The Balaban J connectivity index is 2.50. The number of carbonyl (C=O) groups is 1. The summed E-state index contributed by atoms with van der Waals surface area (Å²) in [5.74, 6) is 6.39. The van der Waals surface area contributed by atoms with Crippen LogP contribution in [0.3, 0.4) is 0 Å². The third-order valence-corrected chi connectivity index (χ3v) is 3.79. The molecule has 0 saturated carbocycles. The summed E-state index contributed by atoms with van der Waals surface area (Å²) in [6, 6.07) is 9.74. The molecule has 0 amide bonds. The monoisotopic (exact) mass is 318 g/mol. The van der Waals surface area contributed by atoms with Crippen molar-refractivity contribution < 1.29 is 9.53 Å². The Kier molecular flexibility index (Phi) is 4.11. The maximum absolute atomic E-state index is 12.4. The quantitative estimate of drug-likeness (QED) is 0.610. The first-order valence-corrected chi connectivity index (χ1v) is 6.92. The number of allylic oxidation sites excluding steroid dienone is 2. The molecule has 1 aliphatic rings. The lowest BCUT2D eigenvalue weighted by atomic mass is 9.76. The molecule has 0 N–H and O–H groups in total. The van der Waals surface area contributed by atoms with Gasteiger partial charge in [-0.3, -0.25) is 4.79 Å². The van der Waals surface area contributed by atoms with Gasteiger partial charge in [-0.05, 0) is 19.4 Å². The Labute approximate surface area is 122 Å². The van der Waals surface area contributed by atoms with Crippen molar-refractivity contribution in [3.63, 3.8) is 0 Å². The molecule has 0 spiro atoms. The molecule has 1 saturated heterocycles. The summed E-state index contributed by atoms with van der Waals surface area (Å²) in [5, 5.41) is 0. The van der Waals surface area contributed by atoms with E-state index in [-0.39, 0.29) is 5.97 Å². The summed E-state index contributed by atoms with van der Waals surface area (Å²) in [6.45, 7) is 3.67. The fraction of sp³-hybridized carbons (Fsp3) is 0.312. The maximum Gasteiger partial charge on any atom is 0.323 e. The lowest BCUT2D eigenvalue weighted by Gasteiger charge is -2.22. The molecule has 0 bridgehead atoms. The van der Waals surface area contributed by atoms with Crippen molar-refractivity contribution >= 4 is 21.9 Å². The van der Waals surface area contributed by atoms with Crippen molar-refractivity contribution in [1.82, 2.24) is 0 Å². The largest absolute Gasteiger partial charge is 0.429 e. The molecule has 0 aliphatic carbocycles. The van der Waals surface area contributed by atoms with Crippen LogP contribution in [0.2, 0.25) is 0 Å². The summed E-state index contributed by atoms with van der Waals surface area (Å²) in [7, 11) is 0. The van der Waals surface area contributed by atoms with Gasteiger partial charge in [-0.1, -0.05) is 46.3 Å². The zero-order valence-electron chi connectivity index (χ0n) is 11.0. The van der Waals surface area contributed by atoms with E-state index in [9.17, 15) is 4.79 Å². The van der Waals surface area contributed by atoms with Gasteiger partial charge >= 0.3 is 5.97 Å². The molecule has 1 heterocycles. The number of hydrogen-bond donors (Lipinski definition) is 0. The van der Waals surface area contributed by atoms with Crippen molar-refractivity contribution in [2.45, 2.75) is 32.1 Å². The Hall–Kier alpha value is -1.53. The second-order valence-electron chi connectivity index (χ2n) is 4.57. The van der Waals surface area contributed by atoms with Crippen LogP contribution >= 0.6 is 15.9 Å². The van der Waals surface area contributed by atoms with Crippen LogP contribution in [0.1, 0.15) is 32.3 Å². The van der Waals surface area contributed by atoms with E-state index in [0.29, 0.717) is 18.6 Å². The predicted octanol–water partition coefficient (Wildman–Crippen LogP) is 3.91. The van der Waals surface area contributed by atoms with Crippen LogP contribution in [0.5, 0.6) is 0 Å². The topological polar surface area (TPSA) is 26.3 Å². The number of halogens is 1. The minimum absolute atomic E-state index is 0.213. The summed E-state index contributed by atoms with van der Waals surface area (Å²) in [4.78, 5) is 12.4. The van der Waals surface area contributed by atoms with Crippen LogP contribution in [0.4, 0.5) is 0 Å². The van der Waals surface area contributed by atoms with E-state index in [1.165, 1.54) is 0 Å². The summed E-state index contributed by atoms with van der Waals surface area (Å²) in [5.41, 5.74) is 0.292. The lowest BCUT2D eigenvalue weighted by molar-refractivity contribution is -0.140. The zero-order chi connectivity index (χ0) is 13.9. The molecule has 1 aromatic rings. The van der Waals surface area contributed by atoms with Crippen LogP contribution in [-0.4, -0.2) is 5.97 Å². The van der Waals surface area contributed by atoms with Gasteiger partial charge in [-0.2, -0.15) is 0 Å². The first-order chi connectivity index (χ1) is 9.10. The summed E-state index contributed by atoms with van der Waals surface area (Å²) >= 11 is 3.39. The van der Waals surface area contributed by atoms with E-state index in [0.717, 1.165) is 10.0 Å². The van der Waals surface area contributed by atoms with Gasteiger partial charge in [0.1, 0.15) is 11.2 Å². The van der Waals surface area contributed by atoms with E-state index < -0.39 is 5.41 Å². The number of benzene rings is 1. The van der Waals surface area contributed by atoms with Gasteiger partial charge in [0.05, 0.1) is 0 Å². The number of rotatable bonds is 2. The van der Waals surface area contributed by atoms with E-state index in [1.807, 2.05) is 37.3 Å². The van der Waals surface area contributed by atoms with Crippen LogP contribution in [-0.2, 0) is 14.9 Å². The molecule has 0 aromatic heterocycles. The van der Waals surface area contributed by atoms with Crippen LogP contribution < -0.4 is 0 Å². The summed E-state index contributed by atoms with van der Waals surface area (Å²) < 4.78 is 6.28. The molecule has 0 radical (unpaired) electrons. The van der Waals surface area contributed by atoms with Crippen molar-refractivity contribution in [3.05, 3.63) is 46.1 Å². The molecular weight excluding hydrogens is 304 g/mol. The minimum Gasteiger partial charge on any atom is -0.429 e. The zero-order valence-corrected chi connectivity index (χ0v) is 12.6. The number of ether oxygens (including phenoxy) is 1. The molecule has 19 heavy (non-hydrogen) atoms. The first kappa shape index (κ1) is 13.9. The number of esters is 1. The van der Waals surface area contributed by atoms with E-state index >= 15 is 0 Å².